The average molecular weight is 401 g/mol. The lowest BCUT2D eigenvalue weighted by Crippen LogP contribution is -2.25. The Labute approximate surface area is 151 Å². The second-order valence-corrected chi connectivity index (χ2v) is 7.46. The third-order valence-electron chi connectivity index (χ3n) is 3.71. The number of nitrogens with zero attached hydrogens (tertiary/aromatic N) is 1. The number of hydrogen-bond acceptors (Lipinski definition) is 6. The fourth-order valence-electron chi connectivity index (χ4n) is 2.65. The minimum Gasteiger partial charge on any atom is -0.437 e. The zero-order chi connectivity index (χ0) is 19.8. The van der Waals surface area contributed by atoms with Crippen molar-refractivity contribution < 1.29 is 31.2 Å². The molecule has 0 N–H and O–H groups in total. The summed E-state index contributed by atoms with van der Waals surface area (Å²) in [4.78, 5) is 16.2. The second-order valence-electron chi connectivity index (χ2n) is 5.47. The zero-order valence-electron chi connectivity index (χ0n) is 14.4. The van der Waals surface area contributed by atoms with Crippen molar-refractivity contribution in [3.63, 3.8) is 0 Å². The Kier molecular flexibility index (Phi) is 5.12. The molecule has 1 aromatic carbocycles. The fourth-order valence-corrected chi connectivity index (χ4v) is 4.41. The number of rotatable bonds is 5. The summed E-state index contributed by atoms with van der Waals surface area (Å²) >= 11 is 0. The Balaban J connectivity index is 2.44. The van der Waals surface area contributed by atoms with Crippen LogP contribution in [0, 0.1) is 0 Å². The van der Waals surface area contributed by atoms with E-state index in [9.17, 15) is 22.5 Å². The maximum atomic E-state index is 13.6. The van der Waals surface area contributed by atoms with E-state index >= 15 is 0 Å². The highest BCUT2D eigenvalue weighted by Gasteiger charge is 2.43. The molecule has 3 aromatic rings. The number of alkyl halides is 3. The zero-order valence-corrected chi connectivity index (χ0v) is 15.3. The van der Waals surface area contributed by atoms with Crippen molar-refractivity contribution in [2.24, 2.45) is 0 Å². The first-order valence-electron chi connectivity index (χ1n) is 8.04. The molecule has 0 bridgehead atoms. The summed E-state index contributed by atoms with van der Waals surface area (Å²) in [6.45, 7) is 2.63. The maximum absolute atomic E-state index is 13.6. The van der Waals surface area contributed by atoms with Crippen LogP contribution >= 0.6 is 7.60 Å². The van der Waals surface area contributed by atoms with Gasteiger partial charge in [-0.3, -0.25) is 9.36 Å². The Hall–Kier alpha value is -2.22. The van der Waals surface area contributed by atoms with E-state index in [2.05, 4.69) is 4.98 Å². The van der Waals surface area contributed by atoms with Gasteiger partial charge < -0.3 is 13.5 Å². The fraction of sp³-hybridized carbons (Fsp3) is 0.294. The third-order valence-corrected chi connectivity index (χ3v) is 5.84. The molecule has 0 aliphatic rings. The summed E-state index contributed by atoms with van der Waals surface area (Å²) in [5, 5.41) is -0.884. The van der Waals surface area contributed by atoms with Crippen LogP contribution in [-0.4, -0.2) is 18.2 Å². The van der Waals surface area contributed by atoms with E-state index in [4.69, 9.17) is 13.5 Å². The quantitative estimate of drug-likeness (QED) is 0.470. The lowest BCUT2D eigenvalue weighted by Gasteiger charge is -2.20. The van der Waals surface area contributed by atoms with Gasteiger partial charge in [0, 0.05) is 0 Å². The van der Waals surface area contributed by atoms with Gasteiger partial charge in [0.25, 0.3) is 0 Å². The van der Waals surface area contributed by atoms with Gasteiger partial charge in [-0.25, -0.2) is 4.98 Å². The molecule has 0 aliphatic heterocycles. The SMILES string of the molecule is CCOP(=O)(OCC)c1cc2c(=O)c3ccccc3oc2nc1C(F)(F)F. The van der Waals surface area contributed by atoms with Gasteiger partial charge in [0.1, 0.15) is 5.58 Å². The van der Waals surface area contributed by atoms with Gasteiger partial charge in [-0.2, -0.15) is 13.2 Å². The molecule has 10 heteroatoms. The van der Waals surface area contributed by atoms with E-state index < -0.39 is 35.9 Å². The molecule has 6 nitrogen and oxygen atoms in total. The third kappa shape index (κ3) is 3.50. The number of hydrogen-bond donors (Lipinski definition) is 0. The number of halogens is 3. The molecule has 0 saturated carbocycles. The molecule has 0 amide bonds. The molecular formula is C17H15F3NO5P. The van der Waals surface area contributed by atoms with E-state index in [1.807, 2.05) is 0 Å². The van der Waals surface area contributed by atoms with Crippen molar-refractivity contribution in [3.8, 4) is 0 Å². The first-order valence-corrected chi connectivity index (χ1v) is 9.59. The van der Waals surface area contributed by atoms with E-state index in [0.29, 0.717) is 0 Å². The highest BCUT2D eigenvalue weighted by atomic mass is 31.2. The van der Waals surface area contributed by atoms with Crippen LogP contribution in [0.1, 0.15) is 19.5 Å². The standard InChI is InChI=1S/C17H15F3NO5P/c1-3-24-27(23,25-4-2)13-9-11-14(22)10-7-5-6-8-12(10)26-16(11)21-15(13)17(18,19)20/h5-9H,3-4H2,1-2H3. The van der Waals surface area contributed by atoms with Crippen LogP contribution in [0.25, 0.3) is 22.1 Å². The van der Waals surface area contributed by atoms with Gasteiger partial charge in [-0.05, 0) is 32.0 Å². The summed E-state index contributed by atoms with van der Waals surface area (Å²) < 4.78 is 69.2. The molecule has 2 aromatic heterocycles. The van der Waals surface area contributed by atoms with E-state index in [1.54, 1.807) is 12.1 Å². The maximum Gasteiger partial charge on any atom is 0.434 e. The van der Waals surface area contributed by atoms with Crippen molar-refractivity contribution in [1.82, 2.24) is 4.98 Å². The Morgan fingerprint density at radius 2 is 1.74 bits per heavy atom. The normalized spacial score (nSPS) is 12.8. The van der Waals surface area contributed by atoms with Crippen LogP contribution in [0.2, 0.25) is 0 Å². The first kappa shape index (κ1) is 19.5. The largest absolute Gasteiger partial charge is 0.437 e. The van der Waals surface area contributed by atoms with E-state index in [1.165, 1.54) is 26.0 Å². The molecule has 0 saturated heterocycles. The van der Waals surface area contributed by atoms with Gasteiger partial charge in [0.05, 0.1) is 29.3 Å². The van der Waals surface area contributed by atoms with Crippen LogP contribution in [0.5, 0.6) is 0 Å². The predicted octanol–water partition coefficient (Wildman–Crippen LogP) is 4.25. The summed E-state index contributed by atoms with van der Waals surface area (Å²) in [7, 11) is -4.35. The van der Waals surface area contributed by atoms with Gasteiger partial charge >= 0.3 is 13.8 Å². The number of benzene rings is 1. The lowest BCUT2D eigenvalue weighted by atomic mass is 10.2. The molecule has 0 aliphatic carbocycles. The van der Waals surface area contributed by atoms with Gasteiger partial charge in [-0.1, -0.05) is 12.1 Å². The van der Waals surface area contributed by atoms with Crippen molar-refractivity contribution in [2.75, 3.05) is 13.2 Å². The Morgan fingerprint density at radius 1 is 1.11 bits per heavy atom. The topological polar surface area (TPSA) is 78.6 Å². The van der Waals surface area contributed by atoms with Crippen molar-refractivity contribution >= 4 is 35.0 Å². The van der Waals surface area contributed by atoms with Crippen LogP contribution < -0.4 is 10.7 Å². The van der Waals surface area contributed by atoms with Crippen molar-refractivity contribution in [2.45, 2.75) is 20.0 Å². The Bertz CT molecular complexity index is 1100. The average Bonchev–Trinajstić information content (AvgIpc) is 2.61. The van der Waals surface area contributed by atoms with E-state index in [0.717, 1.165) is 6.07 Å². The molecule has 0 unspecified atom stereocenters. The summed E-state index contributed by atoms with van der Waals surface area (Å²) in [6.07, 6.45) is -4.96. The summed E-state index contributed by atoms with van der Waals surface area (Å²) in [5.74, 6) is 0. The highest BCUT2D eigenvalue weighted by molar-refractivity contribution is 7.62. The molecule has 27 heavy (non-hydrogen) atoms. The van der Waals surface area contributed by atoms with Crippen LogP contribution in [0.3, 0.4) is 0 Å². The molecule has 3 rings (SSSR count). The Morgan fingerprint density at radius 3 is 2.33 bits per heavy atom. The first-order chi connectivity index (χ1) is 12.7. The van der Waals surface area contributed by atoms with Gasteiger partial charge in [-0.15, -0.1) is 0 Å². The van der Waals surface area contributed by atoms with Crippen LogP contribution in [0.15, 0.2) is 39.5 Å². The predicted molar refractivity (Wildman–Crippen MR) is 93.3 cm³/mol. The summed E-state index contributed by atoms with van der Waals surface area (Å²) in [6, 6.07) is 6.94. The molecule has 0 spiro atoms. The van der Waals surface area contributed by atoms with Crippen LogP contribution in [-0.2, 0) is 19.8 Å². The minimum absolute atomic E-state index is 0.0983. The molecule has 2 heterocycles. The molecule has 144 valence electrons. The number of pyridine rings is 1. The minimum atomic E-state index is -4.96. The highest BCUT2D eigenvalue weighted by Crippen LogP contribution is 2.49. The van der Waals surface area contributed by atoms with Gasteiger partial charge in [0.2, 0.25) is 11.1 Å². The molecule has 0 atom stereocenters. The smallest absolute Gasteiger partial charge is 0.434 e. The lowest BCUT2D eigenvalue weighted by molar-refractivity contribution is -0.140. The second kappa shape index (κ2) is 7.07. The summed E-state index contributed by atoms with van der Waals surface area (Å²) in [5.41, 5.74) is -2.47. The molecule has 0 radical (unpaired) electrons. The molecule has 0 fully saturated rings. The van der Waals surface area contributed by atoms with E-state index in [-0.39, 0.29) is 29.6 Å². The number of fused-ring (bicyclic) bond motifs is 2. The monoisotopic (exact) mass is 401 g/mol. The van der Waals surface area contributed by atoms with Crippen molar-refractivity contribution in [1.29, 1.82) is 0 Å². The van der Waals surface area contributed by atoms with Crippen LogP contribution in [0.4, 0.5) is 13.2 Å². The van der Waals surface area contributed by atoms with Gasteiger partial charge in [0.15, 0.2) is 5.69 Å². The van der Waals surface area contributed by atoms with Crippen molar-refractivity contribution in [3.05, 3.63) is 46.2 Å². The number of aromatic nitrogens is 1. The number of para-hydroxylation sites is 1. The molecular weight excluding hydrogens is 386 g/mol.